The van der Waals surface area contributed by atoms with Gasteiger partial charge in [0.15, 0.2) is 0 Å². The summed E-state index contributed by atoms with van der Waals surface area (Å²) in [6, 6.07) is 17.9. The van der Waals surface area contributed by atoms with E-state index < -0.39 is 10.1 Å². The summed E-state index contributed by atoms with van der Waals surface area (Å²) in [7, 11) is -3.70. The zero-order chi connectivity index (χ0) is 16.4. The van der Waals surface area contributed by atoms with Crippen LogP contribution in [0, 0.1) is 0 Å². The lowest BCUT2D eigenvalue weighted by Gasteiger charge is -2.07. The predicted octanol–water partition coefficient (Wildman–Crippen LogP) is 2.63. The van der Waals surface area contributed by atoms with E-state index in [0.29, 0.717) is 19.8 Å². The standard InChI is InChI=1S/C17H20O5S/c18-23(19,17-9-5-2-6-10-17)22-14-13-20-11-12-21-15-16-7-3-1-4-8-16/h1-10H,11-15H2. The quantitative estimate of drug-likeness (QED) is 0.493. The van der Waals surface area contributed by atoms with Crippen molar-refractivity contribution in [2.75, 3.05) is 26.4 Å². The summed E-state index contributed by atoms with van der Waals surface area (Å²) in [5.74, 6) is 0. The van der Waals surface area contributed by atoms with Crippen LogP contribution in [0.25, 0.3) is 0 Å². The molecule has 2 rings (SSSR count). The molecular weight excluding hydrogens is 316 g/mol. The Morgan fingerprint density at radius 2 is 1.26 bits per heavy atom. The van der Waals surface area contributed by atoms with Crippen molar-refractivity contribution in [1.82, 2.24) is 0 Å². The maximum absolute atomic E-state index is 11.8. The normalized spacial score (nSPS) is 11.5. The first-order valence-electron chi connectivity index (χ1n) is 7.32. The molecule has 0 unspecified atom stereocenters. The fraction of sp³-hybridized carbons (Fsp3) is 0.294. The molecule has 0 N–H and O–H groups in total. The number of ether oxygens (including phenoxy) is 2. The molecule has 0 bridgehead atoms. The summed E-state index contributed by atoms with van der Waals surface area (Å²) in [5.41, 5.74) is 1.10. The van der Waals surface area contributed by atoms with Crippen molar-refractivity contribution in [3.8, 4) is 0 Å². The molecule has 0 aliphatic heterocycles. The molecule has 0 fully saturated rings. The molecule has 0 aliphatic rings. The molecule has 0 heterocycles. The second kappa shape index (κ2) is 9.42. The van der Waals surface area contributed by atoms with E-state index in [2.05, 4.69) is 0 Å². The van der Waals surface area contributed by atoms with Gasteiger partial charge in [0.25, 0.3) is 10.1 Å². The smallest absolute Gasteiger partial charge is 0.297 e. The largest absolute Gasteiger partial charge is 0.377 e. The molecule has 6 heteroatoms. The van der Waals surface area contributed by atoms with Crippen molar-refractivity contribution < 1.29 is 22.1 Å². The second-order valence-electron chi connectivity index (χ2n) is 4.74. The van der Waals surface area contributed by atoms with Crippen LogP contribution in [0.4, 0.5) is 0 Å². The third-order valence-corrected chi connectivity index (χ3v) is 4.31. The minimum Gasteiger partial charge on any atom is -0.377 e. The summed E-state index contributed by atoms with van der Waals surface area (Å²) < 4.78 is 39.3. The first kappa shape index (κ1) is 17.6. The van der Waals surface area contributed by atoms with Gasteiger partial charge in [0.05, 0.1) is 37.9 Å². The maximum Gasteiger partial charge on any atom is 0.297 e. The lowest BCUT2D eigenvalue weighted by atomic mass is 10.2. The van der Waals surface area contributed by atoms with Crippen molar-refractivity contribution in [2.45, 2.75) is 11.5 Å². The minimum atomic E-state index is -3.70. The summed E-state index contributed by atoms with van der Waals surface area (Å²) in [6.07, 6.45) is 0. The Kier molecular flexibility index (Phi) is 7.22. The van der Waals surface area contributed by atoms with E-state index in [9.17, 15) is 8.42 Å². The monoisotopic (exact) mass is 336 g/mol. The van der Waals surface area contributed by atoms with Gasteiger partial charge >= 0.3 is 0 Å². The molecule has 23 heavy (non-hydrogen) atoms. The molecular formula is C17H20O5S. The Bertz CT molecular complexity index is 656. The van der Waals surface area contributed by atoms with E-state index in [1.165, 1.54) is 12.1 Å². The van der Waals surface area contributed by atoms with Crippen molar-refractivity contribution in [2.24, 2.45) is 0 Å². The summed E-state index contributed by atoms with van der Waals surface area (Å²) in [5, 5.41) is 0. The zero-order valence-corrected chi connectivity index (χ0v) is 13.6. The highest BCUT2D eigenvalue weighted by Crippen LogP contribution is 2.10. The summed E-state index contributed by atoms with van der Waals surface area (Å²) >= 11 is 0. The maximum atomic E-state index is 11.8. The highest BCUT2D eigenvalue weighted by Gasteiger charge is 2.13. The third-order valence-electron chi connectivity index (χ3n) is 2.98. The first-order chi connectivity index (χ1) is 11.2. The Labute approximate surface area is 136 Å². The number of hydrogen-bond donors (Lipinski definition) is 0. The zero-order valence-electron chi connectivity index (χ0n) is 12.8. The molecule has 0 aromatic heterocycles. The number of rotatable bonds is 10. The fourth-order valence-corrected chi connectivity index (χ4v) is 2.76. The van der Waals surface area contributed by atoms with E-state index in [1.807, 2.05) is 30.3 Å². The molecule has 0 amide bonds. The second-order valence-corrected chi connectivity index (χ2v) is 6.36. The van der Waals surface area contributed by atoms with Gasteiger partial charge in [-0.05, 0) is 17.7 Å². The van der Waals surface area contributed by atoms with Gasteiger partial charge in [-0.25, -0.2) is 0 Å². The SMILES string of the molecule is O=S(=O)(OCCOCCOCc1ccccc1)c1ccccc1. The highest BCUT2D eigenvalue weighted by molar-refractivity contribution is 7.86. The van der Waals surface area contributed by atoms with Crippen LogP contribution < -0.4 is 0 Å². The van der Waals surface area contributed by atoms with E-state index in [4.69, 9.17) is 13.7 Å². The van der Waals surface area contributed by atoms with E-state index in [0.717, 1.165) is 5.56 Å². The Balaban J connectivity index is 1.54. The number of hydrogen-bond acceptors (Lipinski definition) is 5. The van der Waals surface area contributed by atoms with E-state index in [-0.39, 0.29) is 18.1 Å². The van der Waals surface area contributed by atoms with Crippen LogP contribution in [-0.2, 0) is 30.4 Å². The lowest BCUT2D eigenvalue weighted by Crippen LogP contribution is -2.13. The van der Waals surface area contributed by atoms with Crippen LogP contribution in [0.3, 0.4) is 0 Å². The van der Waals surface area contributed by atoms with Crippen LogP contribution in [-0.4, -0.2) is 34.8 Å². The molecule has 0 aliphatic carbocycles. The molecule has 0 atom stereocenters. The third kappa shape index (κ3) is 6.50. The van der Waals surface area contributed by atoms with Gasteiger partial charge in [-0.15, -0.1) is 0 Å². The van der Waals surface area contributed by atoms with Gasteiger partial charge in [0, 0.05) is 0 Å². The van der Waals surface area contributed by atoms with Crippen molar-refractivity contribution >= 4 is 10.1 Å². The Hall–Kier alpha value is -1.73. The van der Waals surface area contributed by atoms with Gasteiger partial charge < -0.3 is 9.47 Å². The van der Waals surface area contributed by atoms with Gasteiger partial charge in [0.1, 0.15) is 0 Å². The Morgan fingerprint density at radius 1 is 0.696 bits per heavy atom. The molecule has 124 valence electrons. The predicted molar refractivity (Wildman–Crippen MR) is 86.5 cm³/mol. The van der Waals surface area contributed by atoms with Crippen molar-refractivity contribution in [1.29, 1.82) is 0 Å². The molecule has 0 radical (unpaired) electrons. The van der Waals surface area contributed by atoms with E-state index in [1.54, 1.807) is 18.2 Å². The Morgan fingerprint density at radius 3 is 1.96 bits per heavy atom. The molecule has 0 saturated carbocycles. The van der Waals surface area contributed by atoms with Crippen LogP contribution in [0.5, 0.6) is 0 Å². The summed E-state index contributed by atoms with van der Waals surface area (Å²) in [6.45, 7) is 1.54. The topological polar surface area (TPSA) is 61.8 Å². The van der Waals surface area contributed by atoms with Gasteiger partial charge in [-0.3, -0.25) is 4.18 Å². The lowest BCUT2D eigenvalue weighted by molar-refractivity contribution is 0.0310. The average Bonchev–Trinajstić information content (AvgIpc) is 2.59. The molecule has 0 saturated heterocycles. The van der Waals surface area contributed by atoms with Crippen LogP contribution in [0.2, 0.25) is 0 Å². The van der Waals surface area contributed by atoms with Crippen molar-refractivity contribution in [3.63, 3.8) is 0 Å². The van der Waals surface area contributed by atoms with Gasteiger partial charge in [-0.2, -0.15) is 8.42 Å². The van der Waals surface area contributed by atoms with Crippen LogP contribution >= 0.6 is 0 Å². The average molecular weight is 336 g/mol. The molecule has 2 aromatic carbocycles. The molecule has 2 aromatic rings. The van der Waals surface area contributed by atoms with Gasteiger partial charge in [-0.1, -0.05) is 48.5 Å². The summed E-state index contributed by atoms with van der Waals surface area (Å²) in [4.78, 5) is 0.145. The van der Waals surface area contributed by atoms with Gasteiger partial charge in [0.2, 0.25) is 0 Å². The highest BCUT2D eigenvalue weighted by atomic mass is 32.2. The van der Waals surface area contributed by atoms with Crippen LogP contribution in [0.1, 0.15) is 5.56 Å². The van der Waals surface area contributed by atoms with Crippen molar-refractivity contribution in [3.05, 3.63) is 66.2 Å². The molecule has 0 spiro atoms. The van der Waals surface area contributed by atoms with E-state index >= 15 is 0 Å². The first-order valence-corrected chi connectivity index (χ1v) is 8.73. The fourth-order valence-electron chi connectivity index (χ4n) is 1.84. The minimum absolute atomic E-state index is 0.0179. The number of benzene rings is 2. The molecule has 5 nitrogen and oxygen atoms in total. The van der Waals surface area contributed by atoms with Crippen LogP contribution in [0.15, 0.2) is 65.6 Å².